The SMILES string of the molecule is Clc1ccccc1[C@@H](c1ccccc1)[NH+]1CCN(c2ncnc3c2cnn3-c2ccccc2)CC1. The van der Waals surface area contributed by atoms with Gasteiger partial charge >= 0.3 is 0 Å². The lowest BCUT2D eigenvalue weighted by Gasteiger charge is -2.37. The van der Waals surface area contributed by atoms with Gasteiger partial charge in [-0.1, -0.05) is 78.3 Å². The second-order valence-electron chi connectivity index (χ2n) is 8.84. The molecule has 5 aromatic rings. The van der Waals surface area contributed by atoms with E-state index >= 15 is 0 Å². The molecule has 1 aliphatic heterocycles. The highest BCUT2D eigenvalue weighted by atomic mass is 35.5. The van der Waals surface area contributed by atoms with Crippen LogP contribution in [0.1, 0.15) is 17.2 Å². The van der Waals surface area contributed by atoms with E-state index in [0.717, 1.165) is 53.7 Å². The van der Waals surface area contributed by atoms with Gasteiger partial charge in [0.05, 0.1) is 48.5 Å². The summed E-state index contributed by atoms with van der Waals surface area (Å²) in [5.41, 5.74) is 4.29. The van der Waals surface area contributed by atoms with E-state index < -0.39 is 0 Å². The fraction of sp³-hybridized carbons (Fsp3) is 0.179. The fourth-order valence-electron chi connectivity index (χ4n) is 5.13. The predicted molar refractivity (Wildman–Crippen MR) is 139 cm³/mol. The zero-order valence-electron chi connectivity index (χ0n) is 19.3. The van der Waals surface area contributed by atoms with Crippen molar-refractivity contribution in [2.24, 2.45) is 0 Å². The molecule has 3 heterocycles. The molecule has 1 fully saturated rings. The van der Waals surface area contributed by atoms with Crippen LogP contribution in [-0.2, 0) is 0 Å². The molecule has 6 nitrogen and oxygen atoms in total. The molecule has 1 aliphatic rings. The van der Waals surface area contributed by atoms with Gasteiger partial charge in [-0.2, -0.15) is 5.10 Å². The molecule has 0 spiro atoms. The summed E-state index contributed by atoms with van der Waals surface area (Å²) in [5, 5.41) is 6.42. The van der Waals surface area contributed by atoms with Crippen molar-refractivity contribution in [2.75, 3.05) is 31.1 Å². The van der Waals surface area contributed by atoms with Crippen LogP contribution in [0.4, 0.5) is 5.82 Å². The van der Waals surface area contributed by atoms with Crippen LogP contribution in [0.3, 0.4) is 0 Å². The summed E-state index contributed by atoms with van der Waals surface area (Å²) >= 11 is 6.68. The average molecular weight is 482 g/mol. The first kappa shape index (κ1) is 21.8. The van der Waals surface area contributed by atoms with Crippen molar-refractivity contribution < 1.29 is 4.90 Å². The van der Waals surface area contributed by atoms with Crippen molar-refractivity contribution in [2.45, 2.75) is 6.04 Å². The number of rotatable bonds is 5. The number of halogens is 1. The number of anilines is 1. The maximum Gasteiger partial charge on any atom is 0.168 e. The molecule has 0 amide bonds. The van der Waals surface area contributed by atoms with Gasteiger partial charge in [0.2, 0.25) is 0 Å². The molecule has 3 aromatic carbocycles. The largest absolute Gasteiger partial charge is 0.345 e. The number of hydrogen-bond donors (Lipinski definition) is 1. The van der Waals surface area contributed by atoms with Gasteiger partial charge in [0.15, 0.2) is 5.65 Å². The van der Waals surface area contributed by atoms with E-state index in [0.29, 0.717) is 0 Å². The summed E-state index contributed by atoms with van der Waals surface area (Å²) in [4.78, 5) is 13.1. The van der Waals surface area contributed by atoms with Crippen LogP contribution in [0.5, 0.6) is 0 Å². The first-order valence-corrected chi connectivity index (χ1v) is 12.3. The van der Waals surface area contributed by atoms with Gasteiger partial charge in [-0.3, -0.25) is 0 Å². The van der Waals surface area contributed by atoms with Gasteiger partial charge in [-0.05, 0) is 18.2 Å². The number of aromatic nitrogens is 4. The Morgan fingerprint density at radius 2 is 1.49 bits per heavy atom. The van der Waals surface area contributed by atoms with Crippen molar-refractivity contribution in [3.05, 3.63) is 114 Å². The van der Waals surface area contributed by atoms with Crippen molar-refractivity contribution in [1.82, 2.24) is 19.7 Å². The van der Waals surface area contributed by atoms with E-state index in [1.165, 1.54) is 16.0 Å². The number of nitrogens with one attached hydrogen (secondary N) is 1. The lowest BCUT2D eigenvalue weighted by molar-refractivity contribution is -0.926. The number of para-hydroxylation sites is 1. The molecule has 1 atom stereocenters. The maximum absolute atomic E-state index is 6.68. The summed E-state index contributed by atoms with van der Waals surface area (Å²) < 4.78 is 1.88. The standard InChI is InChI=1S/C28H25ClN6/c29-25-14-8-7-13-23(25)26(21-9-3-1-4-10-21)33-15-17-34(18-16-33)27-24-19-32-35(28(24)31-20-30-27)22-11-5-2-6-12-22/h1-14,19-20,26H,15-18H2/p+1/t26-/m1/s1. The highest BCUT2D eigenvalue weighted by Crippen LogP contribution is 2.28. The van der Waals surface area contributed by atoms with Gasteiger partial charge in [0, 0.05) is 11.1 Å². The molecule has 0 unspecified atom stereocenters. The van der Waals surface area contributed by atoms with E-state index in [4.69, 9.17) is 11.6 Å². The van der Waals surface area contributed by atoms with Crippen LogP contribution in [0.15, 0.2) is 97.5 Å². The van der Waals surface area contributed by atoms with E-state index in [9.17, 15) is 0 Å². The molecule has 35 heavy (non-hydrogen) atoms. The molecule has 6 rings (SSSR count). The molecule has 0 bridgehead atoms. The minimum atomic E-state index is 0.193. The van der Waals surface area contributed by atoms with Crippen LogP contribution in [0, 0.1) is 0 Å². The van der Waals surface area contributed by atoms with Crippen LogP contribution in [-0.4, -0.2) is 45.9 Å². The molecule has 2 aromatic heterocycles. The topological polar surface area (TPSA) is 51.3 Å². The van der Waals surface area contributed by atoms with Crippen molar-refractivity contribution in [3.8, 4) is 5.69 Å². The minimum Gasteiger partial charge on any atom is -0.345 e. The van der Waals surface area contributed by atoms with E-state index in [1.807, 2.05) is 53.3 Å². The summed E-state index contributed by atoms with van der Waals surface area (Å²) in [5.74, 6) is 0.949. The molecular formula is C28H26ClN6+. The van der Waals surface area contributed by atoms with Gasteiger partial charge in [-0.25, -0.2) is 14.6 Å². The third kappa shape index (κ3) is 4.16. The Kier molecular flexibility index (Phi) is 5.90. The molecule has 0 aliphatic carbocycles. The Balaban J connectivity index is 1.28. The Morgan fingerprint density at radius 3 is 2.23 bits per heavy atom. The maximum atomic E-state index is 6.68. The first-order valence-electron chi connectivity index (χ1n) is 11.9. The van der Waals surface area contributed by atoms with Gasteiger partial charge in [-0.15, -0.1) is 0 Å². The van der Waals surface area contributed by atoms with E-state index in [1.54, 1.807) is 6.33 Å². The van der Waals surface area contributed by atoms with Gasteiger partial charge in [0.1, 0.15) is 18.2 Å². The molecule has 7 heteroatoms. The third-order valence-electron chi connectivity index (χ3n) is 6.81. The molecule has 1 N–H and O–H groups in total. The van der Waals surface area contributed by atoms with E-state index in [-0.39, 0.29) is 6.04 Å². The van der Waals surface area contributed by atoms with E-state index in [2.05, 4.69) is 62.4 Å². The number of hydrogen-bond acceptors (Lipinski definition) is 4. The number of benzene rings is 3. The van der Waals surface area contributed by atoms with Crippen LogP contribution < -0.4 is 9.80 Å². The van der Waals surface area contributed by atoms with Gasteiger partial charge < -0.3 is 9.80 Å². The highest BCUT2D eigenvalue weighted by molar-refractivity contribution is 6.31. The number of nitrogens with zero attached hydrogens (tertiary/aromatic N) is 5. The second kappa shape index (κ2) is 9.49. The first-order chi connectivity index (χ1) is 17.3. The molecule has 1 saturated heterocycles. The Labute approximate surface area is 209 Å². The summed E-state index contributed by atoms with van der Waals surface area (Å²) in [6.07, 6.45) is 3.53. The van der Waals surface area contributed by atoms with Crippen molar-refractivity contribution in [1.29, 1.82) is 0 Å². The molecule has 0 saturated carbocycles. The van der Waals surface area contributed by atoms with Crippen LogP contribution >= 0.6 is 11.6 Å². The summed E-state index contributed by atoms with van der Waals surface area (Å²) in [6, 6.07) is 29.2. The Morgan fingerprint density at radius 1 is 0.800 bits per heavy atom. The number of quaternary nitrogens is 1. The second-order valence-corrected chi connectivity index (χ2v) is 9.24. The number of fused-ring (bicyclic) bond motifs is 1. The van der Waals surface area contributed by atoms with Crippen molar-refractivity contribution in [3.63, 3.8) is 0 Å². The predicted octanol–water partition coefficient (Wildman–Crippen LogP) is 3.96. The molecule has 0 radical (unpaired) electrons. The monoisotopic (exact) mass is 481 g/mol. The highest BCUT2D eigenvalue weighted by Gasteiger charge is 2.32. The fourth-order valence-corrected chi connectivity index (χ4v) is 5.37. The van der Waals surface area contributed by atoms with Gasteiger partial charge in [0.25, 0.3) is 0 Å². The summed E-state index contributed by atoms with van der Waals surface area (Å²) in [7, 11) is 0. The normalized spacial score (nSPS) is 15.4. The third-order valence-corrected chi connectivity index (χ3v) is 7.15. The molecule has 174 valence electrons. The lowest BCUT2D eigenvalue weighted by atomic mass is 9.96. The zero-order valence-corrected chi connectivity index (χ0v) is 20.0. The Bertz CT molecular complexity index is 1430. The Hall–Kier alpha value is -3.74. The number of piperazine rings is 1. The summed E-state index contributed by atoms with van der Waals surface area (Å²) in [6.45, 7) is 3.74. The minimum absolute atomic E-state index is 0.193. The van der Waals surface area contributed by atoms with Crippen LogP contribution in [0.25, 0.3) is 16.7 Å². The van der Waals surface area contributed by atoms with Crippen LogP contribution in [0.2, 0.25) is 5.02 Å². The smallest absolute Gasteiger partial charge is 0.168 e. The zero-order chi connectivity index (χ0) is 23.6. The molecular weight excluding hydrogens is 456 g/mol. The average Bonchev–Trinajstić information content (AvgIpc) is 3.36. The van der Waals surface area contributed by atoms with Crippen molar-refractivity contribution >= 4 is 28.5 Å². The lowest BCUT2D eigenvalue weighted by Crippen LogP contribution is -3.15. The quantitative estimate of drug-likeness (QED) is 0.413.